The van der Waals surface area contributed by atoms with Gasteiger partial charge in [-0.15, -0.1) is 0 Å². The van der Waals surface area contributed by atoms with Gasteiger partial charge >= 0.3 is 5.97 Å². The third-order valence-corrected chi connectivity index (χ3v) is 2.45. The summed E-state index contributed by atoms with van der Waals surface area (Å²) in [5, 5.41) is 16.4. The maximum absolute atomic E-state index is 12.8. The number of rotatable bonds is 4. The van der Waals surface area contributed by atoms with Gasteiger partial charge in [0.15, 0.2) is 0 Å². The van der Waals surface area contributed by atoms with Crippen LogP contribution in [0.3, 0.4) is 0 Å². The molecule has 0 bridgehead atoms. The first-order chi connectivity index (χ1) is 5.92. The second kappa shape index (κ2) is 3.19. The molecule has 0 radical (unpaired) electrons. The molecule has 6 heteroatoms. The number of halogens is 2. The van der Waals surface area contributed by atoms with E-state index in [1.165, 1.54) is 6.92 Å². The molecule has 1 aliphatic carbocycles. The summed E-state index contributed by atoms with van der Waals surface area (Å²) in [5.74, 6) is -7.80. The van der Waals surface area contributed by atoms with Crippen LogP contribution in [0.15, 0.2) is 0 Å². The Kier molecular flexibility index (Phi) is 2.53. The predicted octanol–water partition coefficient (Wildman–Crippen LogP) is 1.08. The van der Waals surface area contributed by atoms with Gasteiger partial charge < -0.3 is 5.11 Å². The summed E-state index contributed by atoms with van der Waals surface area (Å²) in [6.45, 7) is 0.702. The van der Waals surface area contributed by atoms with Crippen molar-refractivity contribution in [3.63, 3.8) is 0 Å². The second-order valence-electron chi connectivity index (χ2n) is 3.23. The quantitative estimate of drug-likeness (QED) is 0.521. The molecule has 0 heterocycles. The zero-order valence-electron chi connectivity index (χ0n) is 6.91. The van der Waals surface area contributed by atoms with Gasteiger partial charge in [-0.05, 0) is 0 Å². The molecule has 0 amide bonds. The monoisotopic (exact) mass is 196 g/mol. The minimum absolute atomic E-state index is 0.519. The number of carboxylic acid groups (broad SMARTS) is 1. The molecule has 1 saturated carbocycles. The fourth-order valence-corrected chi connectivity index (χ4v) is 1.55. The number of carbonyl (C=O) groups is 1. The second-order valence-corrected chi connectivity index (χ2v) is 3.23. The Morgan fingerprint density at radius 1 is 1.69 bits per heavy atom. The van der Waals surface area contributed by atoms with Crippen molar-refractivity contribution in [3.05, 3.63) is 0 Å². The van der Waals surface area contributed by atoms with Gasteiger partial charge in [0.25, 0.3) is 5.92 Å². The molecular weight excluding hydrogens is 186 g/mol. The third-order valence-electron chi connectivity index (χ3n) is 2.45. The zero-order valence-corrected chi connectivity index (χ0v) is 6.91. The van der Waals surface area contributed by atoms with Crippen molar-refractivity contribution >= 4 is 5.97 Å². The Bertz CT molecular complexity index is 219. The molecule has 76 valence electrons. The summed E-state index contributed by atoms with van der Waals surface area (Å²) in [6.07, 6.45) is 0. The molecule has 3 unspecified atom stereocenters. The van der Waals surface area contributed by atoms with Crippen LogP contribution in [0, 0.1) is 17.8 Å². The minimum atomic E-state index is -3.03. The highest BCUT2D eigenvalue weighted by molar-refractivity contribution is 5.70. The smallest absolute Gasteiger partial charge is 0.306 e. The lowest BCUT2D eigenvalue weighted by Crippen LogP contribution is -2.15. The van der Waals surface area contributed by atoms with E-state index in [2.05, 4.69) is 4.89 Å². The molecule has 0 saturated heterocycles. The Morgan fingerprint density at radius 2 is 2.23 bits per heavy atom. The Morgan fingerprint density at radius 3 is 2.62 bits per heavy atom. The standard InChI is InChI=1S/C7H10F2O4/c1-3(6(10)11)5-4(2-13-12)7(5,8)9/h3-5,12H,2H2,1H3,(H,10,11). The van der Waals surface area contributed by atoms with Gasteiger partial charge in [0.2, 0.25) is 0 Å². The molecule has 1 fully saturated rings. The van der Waals surface area contributed by atoms with E-state index < -0.39 is 36.3 Å². The van der Waals surface area contributed by atoms with E-state index in [4.69, 9.17) is 10.4 Å². The van der Waals surface area contributed by atoms with Crippen molar-refractivity contribution < 1.29 is 28.8 Å². The van der Waals surface area contributed by atoms with Crippen molar-refractivity contribution in [3.8, 4) is 0 Å². The van der Waals surface area contributed by atoms with E-state index >= 15 is 0 Å². The van der Waals surface area contributed by atoms with Gasteiger partial charge in [0.05, 0.1) is 18.4 Å². The number of aliphatic carboxylic acids is 1. The molecule has 0 aromatic carbocycles. The summed E-state index contributed by atoms with van der Waals surface area (Å²) >= 11 is 0. The Hall–Kier alpha value is -0.750. The van der Waals surface area contributed by atoms with Crippen molar-refractivity contribution in [2.45, 2.75) is 12.8 Å². The Balaban J connectivity index is 2.59. The molecule has 3 atom stereocenters. The minimum Gasteiger partial charge on any atom is -0.481 e. The topological polar surface area (TPSA) is 66.8 Å². The number of carboxylic acids is 1. The van der Waals surface area contributed by atoms with E-state index in [0.717, 1.165) is 0 Å². The van der Waals surface area contributed by atoms with Crippen molar-refractivity contribution in [1.29, 1.82) is 0 Å². The molecular formula is C7H10F2O4. The zero-order chi connectivity index (χ0) is 10.2. The summed E-state index contributed by atoms with van der Waals surface area (Å²) < 4.78 is 25.6. The molecule has 2 N–H and O–H groups in total. The van der Waals surface area contributed by atoms with Crippen LogP contribution in [-0.4, -0.2) is 28.9 Å². The van der Waals surface area contributed by atoms with Crippen LogP contribution in [0.5, 0.6) is 0 Å². The molecule has 0 aromatic heterocycles. The van der Waals surface area contributed by atoms with Gasteiger partial charge in [-0.3, -0.25) is 10.1 Å². The van der Waals surface area contributed by atoms with Gasteiger partial charge in [-0.2, -0.15) is 0 Å². The fraction of sp³-hybridized carbons (Fsp3) is 0.857. The van der Waals surface area contributed by atoms with Gasteiger partial charge in [-0.1, -0.05) is 6.92 Å². The van der Waals surface area contributed by atoms with E-state index in [-0.39, 0.29) is 0 Å². The third kappa shape index (κ3) is 1.64. The normalized spacial score (nSPS) is 32.6. The molecule has 1 aliphatic rings. The maximum Gasteiger partial charge on any atom is 0.306 e. The molecule has 0 aliphatic heterocycles. The first-order valence-corrected chi connectivity index (χ1v) is 3.80. The lowest BCUT2D eigenvalue weighted by Gasteiger charge is -2.02. The lowest BCUT2D eigenvalue weighted by molar-refractivity contribution is -0.249. The molecule has 0 spiro atoms. The summed E-state index contributed by atoms with van der Waals surface area (Å²) in [6, 6.07) is 0. The van der Waals surface area contributed by atoms with Crippen molar-refractivity contribution in [1.82, 2.24) is 0 Å². The first-order valence-electron chi connectivity index (χ1n) is 3.80. The summed E-state index contributed by atoms with van der Waals surface area (Å²) in [5.41, 5.74) is 0. The van der Waals surface area contributed by atoms with Crippen molar-refractivity contribution in [2.24, 2.45) is 17.8 Å². The van der Waals surface area contributed by atoms with E-state index in [0.29, 0.717) is 0 Å². The van der Waals surface area contributed by atoms with Crippen LogP contribution < -0.4 is 0 Å². The summed E-state index contributed by atoms with van der Waals surface area (Å²) in [7, 11) is 0. The highest BCUT2D eigenvalue weighted by atomic mass is 19.3. The van der Waals surface area contributed by atoms with E-state index in [1.807, 2.05) is 0 Å². The predicted molar refractivity (Wildman–Crippen MR) is 37.3 cm³/mol. The van der Waals surface area contributed by atoms with Gasteiger partial charge in [0.1, 0.15) is 0 Å². The van der Waals surface area contributed by atoms with Crippen LogP contribution >= 0.6 is 0 Å². The molecule has 4 nitrogen and oxygen atoms in total. The van der Waals surface area contributed by atoms with Crippen LogP contribution in [0.4, 0.5) is 8.78 Å². The number of hydrogen-bond acceptors (Lipinski definition) is 3. The van der Waals surface area contributed by atoms with E-state index in [9.17, 15) is 13.6 Å². The highest BCUT2D eigenvalue weighted by Crippen LogP contribution is 2.58. The molecule has 13 heavy (non-hydrogen) atoms. The average Bonchev–Trinajstić information content (AvgIpc) is 2.53. The molecule has 0 aromatic rings. The van der Waals surface area contributed by atoms with Crippen LogP contribution in [-0.2, 0) is 9.68 Å². The van der Waals surface area contributed by atoms with E-state index in [1.54, 1.807) is 0 Å². The first kappa shape index (κ1) is 10.3. The number of alkyl halides is 2. The Labute approximate surface area is 73.0 Å². The van der Waals surface area contributed by atoms with Crippen LogP contribution in [0.1, 0.15) is 6.92 Å². The van der Waals surface area contributed by atoms with Crippen LogP contribution in [0.2, 0.25) is 0 Å². The highest BCUT2D eigenvalue weighted by Gasteiger charge is 2.71. The lowest BCUT2D eigenvalue weighted by atomic mass is 10.1. The van der Waals surface area contributed by atoms with Crippen LogP contribution in [0.25, 0.3) is 0 Å². The van der Waals surface area contributed by atoms with Gasteiger partial charge in [-0.25, -0.2) is 13.7 Å². The maximum atomic E-state index is 12.8. The SMILES string of the molecule is CC(C(=O)O)C1C(COO)C1(F)F. The van der Waals surface area contributed by atoms with Gasteiger partial charge in [0, 0.05) is 5.92 Å². The average molecular weight is 196 g/mol. The summed E-state index contributed by atoms with van der Waals surface area (Å²) in [4.78, 5) is 14.0. The number of hydrogen-bond donors (Lipinski definition) is 2. The molecule has 1 rings (SSSR count). The largest absolute Gasteiger partial charge is 0.481 e. The van der Waals surface area contributed by atoms with Crippen molar-refractivity contribution in [2.75, 3.05) is 6.61 Å². The fourth-order valence-electron chi connectivity index (χ4n) is 1.55.